The van der Waals surface area contributed by atoms with Crippen molar-refractivity contribution >= 4 is 16.1 Å². The molecular weight excluding hydrogens is 488 g/mol. The molecule has 0 atom stereocenters. The topological polar surface area (TPSA) is 99.8 Å². The molecule has 0 aliphatic heterocycles. The van der Waals surface area contributed by atoms with Gasteiger partial charge in [-0.15, -0.1) is 0 Å². The molecule has 1 aliphatic carbocycles. The van der Waals surface area contributed by atoms with Crippen LogP contribution in [-0.4, -0.2) is 66.1 Å². The number of ether oxygens (including phenoxy) is 1. The van der Waals surface area contributed by atoms with Gasteiger partial charge >= 0.3 is 0 Å². The minimum atomic E-state index is -3.62. The summed E-state index contributed by atoms with van der Waals surface area (Å²) in [5.74, 6) is 0.355. The smallest absolute Gasteiger partial charge is 0.277 e. The molecule has 0 heterocycles. The summed E-state index contributed by atoms with van der Waals surface area (Å²) in [6.07, 6.45) is 2.87. The number of benzene rings is 2. The minimum absolute atomic E-state index is 0.156. The van der Waals surface area contributed by atoms with Crippen LogP contribution in [-0.2, 0) is 15.6 Å². The molecule has 0 unspecified atom stereocenters. The maximum atomic E-state index is 13.0. The van der Waals surface area contributed by atoms with Gasteiger partial charge in [0.2, 0.25) is 0 Å². The summed E-state index contributed by atoms with van der Waals surface area (Å²) in [5, 5.41) is 3.12. The van der Waals surface area contributed by atoms with E-state index in [4.69, 9.17) is 4.74 Å². The van der Waals surface area contributed by atoms with E-state index < -0.39 is 10.2 Å². The molecule has 3 rings (SSSR count). The van der Waals surface area contributed by atoms with Crippen LogP contribution in [0.3, 0.4) is 0 Å². The number of hydrogen-bond donors (Lipinski definition) is 3. The number of methoxy groups -OCH3 is 1. The Kier molecular flexibility index (Phi) is 9.74. The lowest BCUT2D eigenvalue weighted by molar-refractivity contribution is 0.0932. The van der Waals surface area contributed by atoms with Crippen molar-refractivity contribution in [2.24, 2.45) is 5.41 Å². The average Bonchev–Trinajstić information content (AvgIpc) is 2.87. The van der Waals surface area contributed by atoms with E-state index in [1.807, 2.05) is 58.3 Å². The van der Waals surface area contributed by atoms with E-state index in [9.17, 15) is 13.2 Å². The lowest BCUT2D eigenvalue weighted by Gasteiger charge is -2.41. The van der Waals surface area contributed by atoms with Crippen molar-refractivity contribution in [3.8, 4) is 5.75 Å². The summed E-state index contributed by atoms with van der Waals surface area (Å²) in [6.45, 7) is 5.69. The average molecular weight is 531 g/mol. The molecule has 8 nitrogen and oxygen atoms in total. The summed E-state index contributed by atoms with van der Waals surface area (Å²) in [7, 11) is 1.89. The van der Waals surface area contributed by atoms with E-state index in [-0.39, 0.29) is 22.8 Å². The first-order valence-corrected chi connectivity index (χ1v) is 14.3. The molecule has 37 heavy (non-hydrogen) atoms. The fraction of sp³-hybridized carbons (Fsp3) is 0.536. The molecule has 0 aromatic heterocycles. The Labute approximate surface area is 222 Å². The summed E-state index contributed by atoms with van der Waals surface area (Å²) >= 11 is 0. The number of hydrogen-bond acceptors (Lipinski definition) is 5. The second-order valence-corrected chi connectivity index (χ2v) is 12.7. The maximum Gasteiger partial charge on any atom is 0.277 e. The molecule has 2 aromatic carbocycles. The third-order valence-corrected chi connectivity index (χ3v) is 8.24. The van der Waals surface area contributed by atoms with E-state index in [0.717, 1.165) is 24.9 Å². The number of nitrogens with one attached hydrogen (secondary N) is 3. The second kappa shape index (κ2) is 12.4. The van der Waals surface area contributed by atoms with Gasteiger partial charge in [-0.3, -0.25) is 4.79 Å². The van der Waals surface area contributed by atoms with Gasteiger partial charge in [-0.25, -0.2) is 4.72 Å². The zero-order chi connectivity index (χ0) is 27.1. The third-order valence-electron chi connectivity index (χ3n) is 7.07. The Bertz CT molecular complexity index is 1130. The molecule has 204 valence electrons. The number of amides is 1. The van der Waals surface area contributed by atoms with Crippen LogP contribution in [0.5, 0.6) is 5.75 Å². The van der Waals surface area contributed by atoms with Crippen LogP contribution in [0.15, 0.2) is 54.6 Å². The Hall–Kier alpha value is -2.46. The van der Waals surface area contributed by atoms with Crippen LogP contribution >= 0.6 is 0 Å². The molecule has 1 amide bonds. The molecule has 0 bridgehead atoms. The molecule has 0 spiro atoms. The largest absolute Gasteiger partial charge is 0.496 e. The Morgan fingerprint density at radius 2 is 1.68 bits per heavy atom. The van der Waals surface area contributed by atoms with Gasteiger partial charge in [0.25, 0.3) is 16.1 Å². The lowest BCUT2D eigenvalue weighted by atomic mass is 9.68. The lowest BCUT2D eigenvalue weighted by Crippen LogP contribution is -2.51. The second-order valence-electron chi connectivity index (χ2n) is 11.1. The normalized spacial score (nSPS) is 20.5. The zero-order valence-corrected chi connectivity index (χ0v) is 23.5. The van der Waals surface area contributed by atoms with Crippen molar-refractivity contribution in [1.82, 2.24) is 19.7 Å². The Morgan fingerprint density at radius 1 is 1.05 bits per heavy atom. The van der Waals surface area contributed by atoms with Gasteiger partial charge in [0.15, 0.2) is 0 Å². The minimum Gasteiger partial charge on any atom is -0.496 e. The fourth-order valence-corrected chi connectivity index (χ4v) is 6.63. The van der Waals surface area contributed by atoms with Gasteiger partial charge < -0.3 is 15.0 Å². The SMILES string of the molecule is COc1ccccc1C(=O)NCC1(c2ccccc2)CCC(NS(=O)(=O)NCC(C)(C)CN(C)C)CC1. The Balaban J connectivity index is 1.65. The molecule has 2 aromatic rings. The molecule has 0 radical (unpaired) electrons. The number of nitrogens with zero attached hydrogens (tertiary/aromatic N) is 1. The highest BCUT2D eigenvalue weighted by molar-refractivity contribution is 7.87. The van der Waals surface area contributed by atoms with E-state index >= 15 is 0 Å². The first kappa shape index (κ1) is 29.1. The molecule has 1 fully saturated rings. The summed E-state index contributed by atoms with van der Waals surface area (Å²) in [4.78, 5) is 15.1. The predicted molar refractivity (Wildman–Crippen MR) is 148 cm³/mol. The van der Waals surface area contributed by atoms with E-state index in [0.29, 0.717) is 37.2 Å². The molecule has 0 saturated heterocycles. The zero-order valence-electron chi connectivity index (χ0n) is 22.7. The van der Waals surface area contributed by atoms with Gasteiger partial charge in [0.05, 0.1) is 12.7 Å². The van der Waals surface area contributed by atoms with Gasteiger partial charge in [-0.1, -0.05) is 56.3 Å². The molecule has 3 N–H and O–H groups in total. The Morgan fingerprint density at radius 3 is 2.30 bits per heavy atom. The first-order chi connectivity index (χ1) is 17.5. The monoisotopic (exact) mass is 530 g/mol. The van der Waals surface area contributed by atoms with E-state index in [1.54, 1.807) is 19.2 Å². The number of carbonyl (C=O) groups is 1. The van der Waals surface area contributed by atoms with Crippen LogP contribution in [0.2, 0.25) is 0 Å². The highest BCUT2D eigenvalue weighted by atomic mass is 32.2. The van der Waals surface area contributed by atoms with E-state index in [1.165, 1.54) is 0 Å². The van der Waals surface area contributed by atoms with Crippen molar-refractivity contribution in [3.05, 3.63) is 65.7 Å². The van der Waals surface area contributed by atoms with E-state index in [2.05, 4.69) is 31.8 Å². The summed E-state index contributed by atoms with van der Waals surface area (Å²) in [5.41, 5.74) is 1.19. The predicted octanol–water partition coefficient (Wildman–Crippen LogP) is 3.32. The van der Waals surface area contributed by atoms with Crippen molar-refractivity contribution in [3.63, 3.8) is 0 Å². The highest BCUT2D eigenvalue weighted by Crippen LogP contribution is 2.39. The first-order valence-electron chi connectivity index (χ1n) is 12.8. The number of rotatable bonds is 12. The van der Waals surface area contributed by atoms with Crippen molar-refractivity contribution in [1.29, 1.82) is 0 Å². The van der Waals surface area contributed by atoms with Crippen molar-refractivity contribution < 1.29 is 17.9 Å². The number of para-hydroxylation sites is 1. The summed E-state index contributed by atoms with van der Waals surface area (Å²) in [6, 6.07) is 17.2. The molecule has 1 aliphatic rings. The molecular formula is C28H42N4O4S. The fourth-order valence-electron chi connectivity index (χ4n) is 5.29. The van der Waals surface area contributed by atoms with Gasteiger partial charge in [0.1, 0.15) is 5.75 Å². The maximum absolute atomic E-state index is 13.0. The van der Waals surface area contributed by atoms with Gasteiger partial charge in [0, 0.05) is 31.1 Å². The van der Waals surface area contributed by atoms with Crippen LogP contribution in [0.4, 0.5) is 0 Å². The van der Waals surface area contributed by atoms with Crippen molar-refractivity contribution in [2.45, 2.75) is 51.0 Å². The van der Waals surface area contributed by atoms with Gasteiger partial charge in [-0.2, -0.15) is 13.1 Å². The van der Waals surface area contributed by atoms with Crippen LogP contribution in [0, 0.1) is 5.41 Å². The van der Waals surface area contributed by atoms with Crippen LogP contribution in [0.1, 0.15) is 55.5 Å². The highest BCUT2D eigenvalue weighted by Gasteiger charge is 2.38. The summed E-state index contributed by atoms with van der Waals surface area (Å²) < 4.78 is 36.5. The molecule has 9 heteroatoms. The number of carbonyl (C=O) groups excluding carboxylic acids is 1. The molecule has 1 saturated carbocycles. The van der Waals surface area contributed by atoms with Crippen LogP contribution < -0.4 is 19.5 Å². The van der Waals surface area contributed by atoms with Crippen molar-refractivity contribution in [2.75, 3.05) is 40.8 Å². The van der Waals surface area contributed by atoms with Crippen LogP contribution in [0.25, 0.3) is 0 Å². The standard InChI is InChI=1S/C28H42N4O4S/c1-27(2,21-32(3)4)19-30-37(34,35)31-23-15-17-28(18-16-23,22-11-7-6-8-12-22)20-29-26(33)24-13-9-10-14-25(24)36-5/h6-14,23,30-31H,15-21H2,1-5H3,(H,29,33). The quantitative estimate of drug-likeness (QED) is 0.391. The van der Waals surface area contributed by atoms with Gasteiger partial charge in [-0.05, 0) is 62.9 Å². The third kappa shape index (κ3) is 8.26.